The Labute approximate surface area is 121 Å². The van der Waals surface area contributed by atoms with Crippen LogP contribution in [0.15, 0.2) is 34.8 Å². The van der Waals surface area contributed by atoms with Gasteiger partial charge in [0.25, 0.3) is 0 Å². The summed E-state index contributed by atoms with van der Waals surface area (Å²) in [6.07, 6.45) is -1.62. The zero-order chi connectivity index (χ0) is 14.9. The summed E-state index contributed by atoms with van der Waals surface area (Å²) in [5.74, 6) is -2.57. The Bertz CT molecular complexity index is 647. The highest BCUT2D eigenvalue weighted by Crippen LogP contribution is 2.32. The third-order valence-electron chi connectivity index (χ3n) is 2.84. The van der Waals surface area contributed by atoms with Crippen LogP contribution in [0.2, 0.25) is 0 Å². The molecular formula is C14H10BrF3O2. The molecule has 1 unspecified atom stereocenters. The minimum Gasteiger partial charge on any atom is -0.494 e. The zero-order valence-electron chi connectivity index (χ0n) is 10.3. The lowest BCUT2D eigenvalue weighted by atomic mass is 10.00. The lowest BCUT2D eigenvalue weighted by Crippen LogP contribution is -2.07. The fourth-order valence-corrected chi connectivity index (χ4v) is 2.16. The molecular weight excluding hydrogens is 337 g/mol. The summed E-state index contributed by atoms with van der Waals surface area (Å²) >= 11 is 2.91. The summed E-state index contributed by atoms with van der Waals surface area (Å²) in [4.78, 5) is 0. The van der Waals surface area contributed by atoms with Gasteiger partial charge in [-0.2, -0.15) is 0 Å². The normalized spacial score (nSPS) is 12.3. The van der Waals surface area contributed by atoms with Crippen molar-refractivity contribution in [2.24, 2.45) is 0 Å². The van der Waals surface area contributed by atoms with E-state index in [9.17, 15) is 18.3 Å². The highest BCUT2D eigenvalue weighted by atomic mass is 79.9. The lowest BCUT2D eigenvalue weighted by molar-refractivity contribution is 0.208. The van der Waals surface area contributed by atoms with Gasteiger partial charge in [0.2, 0.25) is 0 Å². The van der Waals surface area contributed by atoms with Gasteiger partial charge in [0.15, 0.2) is 11.6 Å². The summed E-state index contributed by atoms with van der Waals surface area (Å²) in [5.41, 5.74) is -0.511. The summed E-state index contributed by atoms with van der Waals surface area (Å²) in [5, 5.41) is 10.1. The summed E-state index contributed by atoms with van der Waals surface area (Å²) in [6.45, 7) is 0. The molecule has 1 N–H and O–H groups in total. The average Bonchev–Trinajstić information content (AvgIpc) is 2.43. The van der Waals surface area contributed by atoms with Crippen LogP contribution in [0.25, 0.3) is 0 Å². The molecule has 0 heterocycles. The molecule has 0 bridgehead atoms. The molecule has 0 aliphatic heterocycles. The van der Waals surface area contributed by atoms with Crippen molar-refractivity contribution in [3.05, 3.63) is 63.4 Å². The van der Waals surface area contributed by atoms with Crippen molar-refractivity contribution in [1.29, 1.82) is 0 Å². The van der Waals surface area contributed by atoms with Gasteiger partial charge >= 0.3 is 0 Å². The Morgan fingerprint density at radius 2 is 1.80 bits per heavy atom. The van der Waals surface area contributed by atoms with Crippen LogP contribution < -0.4 is 4.74 Å². The van der Waals surface area contributed by atoms with Gasteiger partial charge in [0.05, 0.1) is 17.1 Å². The number of ether oxygens (including phenoxy) is 1. The van der Waals surface area contributed by atoms with Crippen LogP contribution in [0.5, 0.6) is 5.75 Å². The van der Waals surface area contributed by atoms with Gasteiger partial charge in [-0.05, 0) is 45.8 Å². The van der Waals surface area contributed by atoms with E-state index in [-0.39, 0.29) is 15.8 Å². The van der Waals surface area contributed by atoms with E-state index in [0.717, 1.165) is 12.1 Å². The molecule has 0 spiro atoms. The smallest absolute Gasteiger partial charge is 0.165 e. The van der Waals surface area contributed by atoms with Crippen molar-refractivity contribution in [3.8, 4) is 5.75 Å². The van der Waals surface area contributed by atoms with Gasteiger partial charge < -0.3 is 9.84 Å². The Balaban J connectivity index is 2.49. The molecule has 2 nitrogen and oxygen atoms in total. The number of benzene rings is 2. The van der Waals surface area contributed by atoms with Gasteiger partial charge in [-0.1, -0.05) is 6.07 Å². The van der Waals surface area contributed by atoms with Gasteiger partial charge in [0, 0.05) is 0 Å². The van der Waals surface area contributed by atoms with E-state index in [1.165, 1.54) is 25.3 Å². The average molecular weight is 347 g/mol. The molecule has 2 aromatic rings. The first-order chi connectivity index (χ1) is 9.45. The van der Waals surface area contributed by atoms with E-state index >= 15 is 0 Å². The second kappa shape index (κ2) is 5.85. The molecule has 1 atom stereocenters. The molecule has 0 saturated heterocycles. The Morgan fingerprint density at radius 3 is 2.40 bits per heavy atom. The Kier molecular flexibility index (Phi) is 4.35. The number of halogens is 4. The number of methoxy groups -OCH3 is 1. The SMILES string of the molecule is COc1ccc(C(O)c2c(F)ccc(Br)c2F)cc1F. The quantitative estimate of drug-likeness (QED) is 0.852. The third-order valence-corrected chi connectivity index (χ3v) is 3.46. The maximum Gasteiger partial charge on any atom is 0.165 e. The van der Waals surface area contributed by atoms with Crippen molar-refractivity contribution in [2.75, 3.05) is 7.11 Å². The van der Waals surface area contributed by atoms with Crippen molar-refractivity contribution in [3.63, 3.8) is 0 Å². The second-order valence-corrected chi connectivity index (χ2v) is 4.91. The van der Waals surface area contributed by atoms with Gasteiger partial charge in [-0.15, -0.1) is 0 Å². The first-order valence-electron chi connectivity index (χ1n) is 5.60. The summed E-state index contributed by atoms with van der Waals surface area (Å²) < 4.78 is 45.9. The number of rotatable bonds is 3. The number of aliphatic hydroxyl groups is 1. The second-order valence-electron chi connectivity index (χ2n) is 4.05. The van der Waals surface area contributed by atoms with Gasteiger partial charge in [0.1, 0.15) is 17.7 Å². The maximum atomic E-state index is 13.9. The van der Waals surface area contributed by atoms with E-state index in [2.05, 4.69) is 15.9 Å². The lowest BCUT2D eigenvalue weighted by Gasteiger charge is -2.15. The molecule has 2 rings (SSSR count). The minimum atomic E-state index is -1.62. The van der Waals surface area contributed by atoms with Crippen molar-refractivity contribution >= 4 is 15.9 Å². The number of hydrogen-bond acceptors (Lipinski definition) is 2. The Morgan fingerprint density at radius 1 is 1.10 bits per heavy atom. The van der Waals surface area contributed by atoms with E-state index in [4.69, 9.17) is 4.74 Å². The van der Waals surface area contributed by atoms with E-state index < -0.39 is 29.1 Å². The predicted molar refractivity (Wildman–Crippen MR) is 71.1 cm³/mol. The first kappa shape index (κ1) is 14.9. The van der Waals surface area contributed by atoms with Crippen LogP contribution in [-0.2, 0) is 0 Å². The molecule has 2 aromatic carbocycles. The first-order valence-corrected chi connectivity index (χ1v) is 6.40. The summed E-state index contributed by atoms with van der Waals surface area (Å²) in [6, 6.07) is 5.80. The van der Waals surface area contributed by atoms with Gasteiger partial charge in [-0.3, -0.25) is 0 Å². The van der Waals surface area contributed by atoms with Crippen LogP contribution in [0.4, 0.5) is 13.2 Å². The monoisotopic (exact) mass is 346 g/mol. The van der Waals surface area contributed by atoms with Crippen LogP contribution in [0, 0.1) is 17.5 Å². The van der Waals surface area contributed by atoms with E-state index in [0.29, 0.717) is 0 Å². The van der Waals surface area contributed by atoms with Crippen molar-refractivity contribution in [2.45, 2.75) is 6.10 Å². The van der Waals surface area contributed by atoms with Crippen molar-refractivity contribution < 1.29 is 23.0 Å². The minimum absolute atomic E-state index is 0.0157. The van der Waals surface area contributed by atoms with Crippen LogP contribution in [0.1, 0.15) is 17.2 Å². The molecule has 0 aliphatic carbocycles. The number of aliphatic hydroxyl groups excluding tert-OH is 1. The molecule has 106 valence electrons. The molecule has 0 aromatic heterocycles. The van der Waals surface area contributed by atoms with Crippen LogP contribution in [-0.4, -0.2) is 12.2 Å². The topological polar surface area (TPSA) is 29.5 Å². The standard InChI is InChI=1S/C14H10BrF3O2/c1-20-11-5-2-7(6-10(11)17)14(19)12-9(16)4-3-8(15)13(12)18/h2-6,14,19H,1H3. The van der Waals surface area contributed by atoms with Crippen LogP contribution >= 0.6 is 15.9 Å². The van der Waals surface area contributed by atoms with Gasteiger partial charge in [-0.25, -0.2) is 13.2 Å². The molecule has 0 saturated carbocycles. The fourth-order valence-electron chi connectivity index (χ4n) is 1.81. The highest BCUT2D eigenvalue weighted by Gasteiger charge is 2.22. The maximum absolute atomic E-state index is 13.9. The molecule has 0 radical (unpaired) electrons. The highest BCUT2D eigenvalue weighted by molar-refractivity contribution is 9.10. The largest absolute Gasteiger partial charge is 0.494 e. The molecule has 20 heavy (non-hydrogen) atoms. The molecule has 0 amide bonds. The Hall–Kier alpha value is -1.53. The zero-order valence-corrected chi connectivity index (χ0v) is 11.9. The van der Waals surface area contributed by atoms with Crippen LogP contribution in [0.3, 0.4) is 0 Å². The van der Waals surface area contributed by atoms with E-state index in [1.807, 2.05) is 0 Å². The predicted octanol–water partition coefficient (Wildman–Crippen LogP) is 3.96. The molecule has 0 fully saturated rings. The third kappa shape index (κ3) is 2.66. The van der Waals surface area contributed by atoms with E-state index in [1.54, 1.807) is 0 Å². The van der Waals surface area contributed by atoms with Crippen molar-refractivity contribution in [1.82, 2.24) is 0 Å². The molecule has 6 heteroatoms. The summed E-state index contributed by atoms with van der Waals surface area (Å²) in [7, 11) is 1.29. The number of hydrogen-bond donors (Lipinski definition) is 1. The molecule has 0 aliphatic rings. The fraction of sp³-hybridized carbons (Fsp3) is 0.143.